The second-order valence-corrected chi connectivity index (χ2v) is 4.88. The van der Waals surface area contributed by atoms with Crippen molar-refractivity contribution in [1.82, 2.24) is 0 Å². The number of aliphatic hydroxyl groups is 1. The molecule has 0 saturated carbocycles. The number of aliphatic hydroxyl groups excluding tert-OH is 1. The van der Waals surface area contributed by atoms with E-state index < -0.39 is 0 Å². The zero-order valence-electron chi connectivity index (χ0n) is 11.3. The topological polar surface area (TPSA) is 29.5 Å². The van der Waals surface area contributed by atoms with Crippen molar-refractivity contribution >= 4 is 0 Å². The Labute approximate surface area is 105 Å². The van der Waals surface area contributed by atoms with E-state index >= 15 is 0 Å². The standard InChI is InChI=1S/C15H24O2/c1-5-6-15(16)12(4)13-7-9-14(10-8-13)17-11(2)3/h7-12,15-16H,5-6H2,1-4H3. The van der Waals surface area contributed by atoms with Crippen molar-refractivity contribution in [2.75, 3.05) is 0 Å². The number of hydrogen-bond acceptors (Lipinski definition) is 2. The quantitative estimate of drug-likeness (QED) is 0.815. The summed E-state index contributed by atoms with van der Waals surface area (Å²) in [6, 6.07) is 8.04. The zero-order chi connectivity index (χ0) is 12.8. The van der Waals surface area contributed by atoms with Gasteiger partial charge in [0, 0.05) is 5.92 Å². The normalized spacial score (nSPS) is 14.7. The molecule has 0 radical (unpaired) electrons. The molecule has 0 amide bonds. The van der Waals surface area contributed by atoms with Crippen LogP contribution in [0.1, 0.15) is 52.0 Å². The molecule has 2 unspecified atom stereocenters. The van der Waals surface area contributed by atoms with E-state index in [-0.39, 0.29) is 18.1 Å². The molecule has 0 aliphatic heterocycles. The van der Waals surface area contributed by atoms with Crippen LogP contribution >= 0.6 is 0 Å². The zero-order valence-corrected chi connectivity index (χ0v) is 11.3. The molecule has 0 aliphatic carbocycles. The van der Waals surface area contributed by atoms with Gasteiger partial charge in [-0.15, -0.1) is 0 Å². The number of ether oxygens (including phenoxy) is 1. The lowest BCUT2D eigenvalue weighted by Crippen LogP contribution is -2.15. The molecule has 0 saturated heterocycles. The second-order valence-electron chi connectivity index (χ2n) is 4.88. The summed E-state index contributed by atoms with van der Waals surface area (Å²) in [5, 5.41) is 9.95. The average molecular weight is 236 g/mol. The van der Waals surface area contributed by atoms with E-state index in [0.717, 1.165) is 18.6 Å². The van der Waals surface area contributed by atoms with Gasteiger partial charge in [0.2, 0.25) is 0 Å². The molecule has 0 bridgehead atoms. The van der Waals surface area contributed by atoms with Crippen molar-refractivity contribution in [2.24, 2.45) is 0 Å². The van der Waals surface area contributed by atoms with Gasteiger partial charge in [0.05, 0.1) is 12.2 Å². The molecule has 2 atom stereocenters. The largest absolute Gasteiger partial charge is 0.491 e. The lowest BCUT2D eigenvalue weighted by molar-refractivity contribution is 0.138. The minimum absolute atomic E-state index is 0.183. The summed E-state index contributed by atoms with van der Waals surface area (Å²) in [4.78, 5) is 0. The number of rotatable bonds is 6. The molecule has 1 rings (SSSR count). The van der Waals surface area contributed by atoms with Crippen molar-refractivity contribution in [2.45, 2.75) is 58.7 Å². The lowest BCUT2D eigenvalue weighted by Gasteiger charge is -2.19. The highest BCUT2D eigenvalue weighted by molar-refractivity contribution is 5.29. The van der Waals surface area contributed by atoms with Gasteiger partial charge in [0.1, 0.15) is 5.75 Å². The van der Waals surface area contributed by atoms with Gasteiger partial charge >= 0.3 is 0 Å². The summed E-state index contributed by atoms with van der Waals surface area (Å²) < 4.78 is 5.59. The third-order valence-electron chi connectivity index (χ3n) is 2.94. The lowest BCUT2D eigenvalue weighted by atomic mass is 9.93. The smallest absolute Gasteiger partial charge is 0.119 e. The predicted octanol–water partition coefficient (Wildman–Crippen LogP) is 3.74. The van der Waals surface area contributed by atoms with Crippen LogP contribution in [0, 0.1) is 0 Å². The Morgan fingerprint density at radius 1 is 1.12 bits per heavy atom. The molecule has 0 aromatic heterocycles. The molecular weight excluding hydrogens is 212 g/mol. The highest BCUT2D eigenvalue weighted by Gasteiger charge is 2.15. The van der Waals surface area contributed by atoms with E-state index in [9.17, 15) is 5.11 Å². The second kappa shape index (κ2) is 6.65. The van der Waals surface area contributed by atoms with Crippen LogP contribution in [0.4, 0.5) is 0 Å². The van der Waals surface area contributed by atoms with Crippen LogP contribution in [-0.4, -0.2) is 17.3 Å². The molecule has 2 nitrogen and oxygen atoms in total. The average Bonchev–Trinajstić information content (AvgIpc) is 2.28. The van der Waals surface area contributed by atoms with Crippen LogP contribution in [0.2, 0.25) is 0 Å². The van der Waals surface area contributed by atoms with Crippen LogP contribution < -0.4 is 4.74 Å². The monoisotopic (exact) mass is 236 g/mol. The Morgan fingerprint density at radius 2 is 1.71 bits per heavy atom. The number of benzene rings is 1. The van der Waals surface area contributed by atoms with E-state index in [2.05, 4.69) is 13.8 Å². The van der Waals surface area contributed by atoms with Crippen LogP contribution in [0.3, 0.4) is 0 Å². The first-order valence-corrected chi connectivity index (χ1v) is 6.49. The van der Waals surface area contributed by atoms with Gasteiger partial charge in [-0.3, -0.25) is 0 Å². The van der Waals surface area contributed by atoms with Gasteiger partial charge < -0.3 is 9.84 Å². The first-order chi connectivity index (χ1) is 8.04. The summed E-state index contributed by atoms with van der Waals surface area (Å²) in [5.74, 6) is 1.07. The van der Waals surface area contributed by atoms with Gasteiger partial charge in [-0.25, -0.2) is 0 Å². The van der Waals surface area contributed by atoms with Crippen molar-refractivity contribution in [1.29, 1.82) is 0 Å². The molecule has 2 heteroatoms. The Hall–Kier alpha value is -1.02. The summed E-state index contributed by atoms with van der Waals surface area (Å²) in [5.41, 5.74) is 1.17. The minimum Gasteiger partial charge on any atom is -0.491 e. The fraction of sp³-hybridized carbons (Fsp3) is 0.600. The van der Waals surface area contributed by atoms with E-state index in [0.29, 0.717) is 0 Å². The van der Waals surface area contributed by atoms with Crippen molar-refractivity contribution in [3.05, 3.63) is 29.8 Å². The van der Waals surface area contributed by atoms with Crippen LogP contribution in [-0.2, 0) is 0 Å². The van der Waals surface area contributed by atoms with Gasteiger partial charge in [-0.05, 0) is 38.0 Å². The van der Waals surface area contributed by atoms with Crippen LogP contribution in [0.15, 0.2) is 24.3 Å². The maximum atomic E-state index is 9.95. The van der Waals surface area contributed by atoms with Crippen LogP contribution in [0.5, 0.6) is 5.75 Å². The highest BCUT2D eigenvalue weighted by Crippen LogP contribution is 2.24. The summed E-state index contributed by atoms with van der Waals surface area (Å²) >= 11 is 0. The molecule has 0 aliphatic rings. The third-order valence-corrected chi connectivity index (χ3v) is 2.94. The molecule has 0 heterocycles. The molecular formula is C15H24O2. The van der Waals surface area contributed by atoms with Gasteiger partial charge in [-0.1, -0.05) is 32.4 Å². The Morgan fingerprint density at radius 3 is 2.18 bits per heavy atom. The third kappa shape index (κ3) is 4.39. The molecule has 0 fully saturated rings. The summed E-state index contributed by atoms with van der Waals surface area (Å²) in [6.07, 6.45) is 1.81. The van der Waals surface area contributed by atoms with Crippen LogP contribution in [0.25, 0.3) is 0 Å². The fourth-order valence-electron chi connectivity index (χ4n) is 1.89. The fourth-order valence-corrected chi connectivity index (χ4v) is 1.89. The summed E-state index contributed by atoms with van der Waals surface area (Å²) in [6.45, 7) is 8.19. The van der Waals surface area contributed by atoms with E-state index in [1.165, 1.54) is 5.56 Å². The Bertz CT molecular complexity index is 316. The maximum Gasteiger partial charge on any atom is 0.119 e. The maximum absolute atomic E-state index is 9.95. The molecule has 17 heavy (non-hydrogen) atoms. The summed E-state index contributed by atoms with van der Waals surface area (Å²) in [7, 11) is 0. The van der Waals surface area contributed by atoms with E-state index in [4.69, 9.17) is 4.74 Å². The van der Waals surface area contributed by atoms with Gasteiger partial charge in [-0.2, -0.15) is 0 Å². The molecule has 1 aromatic rings. The first-order valence-electron chi connectivity index (χ1n) is 6.49. The SMILES string of the molecule is CCCC(O)C(C)c1ccc(OC(C)C)cc1. The number of hydrogen-bond donors (Lipinski definition) is 1. The molecule has 1 aromatic carbocycles. The molecule has 1 N–H and O–H groups in total. The minimum atomic E-state index is -0.253. The van der Waals surface area contributed by atoms with Crippen molar-refractivity contribution < 1.29 is 9.84 Å². The van der Waals surface area contributed by atoms with Crippen molar-refractivity contribution in [3.63, 3.8) is 0 Å². The molecule has 96 valence electrons. The Kier molecular flexibility index (Phi) is 5.49. The van der Waals surface area contributed by atoms with E-state index in [1.54, 1.807) is 0 Å². The van der Waals surface area contributed by atoms with Gasteiger partial charge in [0.15, 0.2) is 0 Å². The first kappa shape index (κ1) is 14.0. The van der Waals surface area contributed by atoms with Gasteiger partial charge in [0.25, 0.3) is 0 Å². The Balaban J connectivity index is 2.66. The predicted molar refractivity (Wildman–Crippen MR) is 71.5 cm³/mol. The van der Waals surface area contributed by atoms with Crippen molar-refractivity contribution in [3.8, 4) is 5.75 Å². The van der Waals surface area contributed by atoms with E-state index in [1.807, 2.05) is 38.1 Å². The highest BCUT2D eigenvalue weighted by atomic mass is 16.5. The molecule has 0 spiro atoms.